The average Bonchev–Trinajstić information content (AvgIpc) is 2.97. The van der Waals surface area contributed by atoms with Gasteiger partial charge in [-0.25, -0.2) is 0 Å². The highest BCUT2D eigenvalue weighted by molar-refractivity contribution is 6.12. The molecule has 0 spiro atoms. The summed E-state index contributed by atoms with van der Waals surface area (Å²) in [5.41, 5.74) is 2.09. The lowest BCUT2D eigenvalue weighted by Gasteiger charge is -2.09. The van der Waals surface area contributed by atoms with Crippen LogP contribution in [0.1, 0.15) is 12.0 Å². The van der Waals surface area contributed by atoms with Crippen molar-refractivity contribution in [1.82, 2.24) is 10.2 Å². The second-order valence-electron chi connectivity index (χ2n) is 5.51. The van der Waals surface area contributed by atoms with Gasteiger partial charge in [0.2, 0.25) is 0 Å². The first kappa shape index (κ1) is 12.8. The van der Waals surface area contributed by atoms with E-state index in [2.05, 4.69) is 40.5 Å². The van der Waals surface area contributed by atoms with Crippen LogP contribution in [0.2, 0.25) is 0 Å². The van der Waals surface area contributed by atoms with Crippen LogP contribution in [0.3, 0.4) is 0 Å². The van der Waals surface area contributed by atoms with Gasteiger partial charge in [0.15, 0.2) is 0 Å². The molecule has 1 heterocycles. The van der Waals surface area contributed by atoms with E-state index in [1.165, 1.54) is 0 Å². The van der Waals surface area contributed by atoms with Crippen molar-refractivity contribution in [2.45, 2.75) is 12.8 Å². The molecule has 0 aliphatic carbocycles. The number of hydrogen-bond donors (Lipinski definition) is 2. The van der Waals surface area contributed by atoms with Crippen molar-refractivity contribution in [1.29, 1.82) is 0 Å². The van der Waals surface area contributed by atoms with Crippen molar-refractivity contribution < 1.29 is 9.90 Å². The fraction of sp³-hybridized carbons (Fsp3) is 0.111. The Morgan fingerprint density at radius 2 is 1.95 bits per heavy atom. The molecule has 0 saturated carbocycles. The Hall–Kier alpha value is -2.88. The Kier molecular flexibility index (Phi) is 2.82. The molecule has 22 heavy (non-hydrogen) atoms. The normalized spacial score (nSPS) is 11.5. The smallest absolute Gasteiger partial charge is 0.303 e. The van der Waals surface area contributed by atoms with Crippen molar-refractivity contribution in [3.8, 4) is 0 Å². The Bertz CT molecular complexity index is 1020. The fourth-order valence-electron chi connectivity index (χ4n) is 3.08. The molecule has 4 rings (SSSR count). The quantitative estimate of drug-likeness (QED) is 0.563. The number of aliphatic carboxylic acids is 1. The zero-order chi connectivity index (χ0) is 15.1. The molecule has 4 heteroatoms. The number of carboxylic acids is 1. The minimum Gasteiger partial charge on any atom is -0.481 e. The van der Waals surface area contributed by atoms with Gasteiger partial charge in [-0.3, -0.25) is 9.89 Å². The molecule has 0 atom stereocenters. The maximum absolute atomic E-state index is 10.9. The van der Waals surface area contributed by atoms with Crippen LogP contribution in [0.4, 0.5) is 0 Å². The Balaban J connectivity index is 2.04. The van der Waals surface area contributed by atoms with Gasteiger partial charge >= 0.3 is 5.97 Å². The van der Waals surface area contributed by atoms with E-state index in [0.717, 1.165) is 38.0 Å². The van der Waals surface area contributed by atoms with Crippen LogP contribution in [-0.2, 0) is 11.2 Å². The summed E-state index contributed by atoms with van der Waals surface area (Å²) in [6, 6.07) is 14.5. The van der Waals surface area contributed by atoms with Crippen LogP contribution >= 0.6 is 0 Å². The van der Waals surface area contributed by atoms with Gasteiger partial charge in [-0.05, 0) is 45.7 Å². The highest BCUT2D eigenvalue weighted by atomic mass is 16.4. The molecule has 3 aromatic carbocycles. The number of hydrogen-bond acceptors (Lipinski definition) is 2. The molecule has 0 aliphatic rings. The standard InChI is InChI=1S/C18H14N2O2/c21-17(22)7-6-12-3-1-2-11-4-5-13-9-16-14(10-19-20-16)8-15(13)18(11)12/h1-5,8-10H,6-7H2,(H,19,20)(H,21,22). The van der Waals surface area contributed by atoms with E-state index in [-0.39, 0.29) is 6.42 Å². The van der Waals surface area contributed by atoms with E-state index in [9.17, 15) is 4.79 Å². The molecule has 0 radical (unpaired) electrons. The second-order valence-corrected chi connectivity index (χ2v) is 5.51. The second kappa shape index (κ2) is 4.84. The van der Waals surface area contributed by atoms with E-state index in [0.29, 0.717) is 6.42 Å². The predicted octanol–water partition coefficient (Wildman–Crippen LogP) is 3.89. The van der Waals surface area contributed by atoms with Crippen molar-refractivity contribution in [3.63, 3.8) is 0 Å². The first-order chi connectivity index (χ1) is 10.7. The number of benzene rings is 3. The van der Waals surface area contributed by atoms with Gasteiger partial charge in [0.25, 0.3) is 0 Å². The lowest BCUT2D eigenvalue weighted by atomic mass is 9.95. The predicted molar refractivity (Wildman–Crippen MR) is 87.1 cm³/mol. The number of H-pyrrole nitrogens is 1. The lowest BCUT2D eigenvalue weighted by molar-refractivity contribution is -0.136. The molecule has 2 N–H and O–H groups in total. The Labute approximate surface area is 126 Å². The van der Waals surface area contributed by atoms with Crippen LogP contribution in [0.5, 0.6) is 0 Å². The van der Waals surface area contributed by atoms with Crippen LogP contribution in [0.15, 0.2) is 48.7 Å². The molecule has 1 aromatic heterocycles. The highest BCUT2D eigenvalue weighted by Gasteiger charge is 2.09. The van der Waals surface area contributed by atoms with Gasteiger partial charge in [-0.1, -0.05) is 30.3 Å². The number of aromatic amines is 1. The summed E-state index contributed by atoms with van der Waals surface area (Å²) in [7, 11) is 0. The third-order valence-electron chi connectivity index (χ3n) is 4.11. The van der Waals surface area contributed by atoms with Crippen molar-refractivity contribution in [3.05, 3.63) is 54.2 Å². The molecule has 0 bridgehead atoms. The van der Waals surface area contributed by atoms with E-state index in [1.807, 2.05) is 18.3 Å². The van der Waals surface area contributed by atoms with Crippen molar-refractivity contribution >= 4 is 38.4 Å². The van der Waals surface area contributed by atoms with Crippen LogP contribution in [-0.4, -0.2) is 21.3 Å². The summed E-state index contributed by atoms with van der Waals surface area (Å²) < 4.78 is 0. The molecule has 0 fully saturated rings. The third kappa shape index (κ3) is 2.00. The number of aromatic nitrogens is 2. The monoisotopic (exact) mass is 290 g/mol. The topological polar surface area (TPSA) is 66.0 Å². The van der Waals surface area contributed by atoms with Gasteiger partial charge in [-0.15, -0.1) is 0 Å². The Morgan fingerprint density at radius 1 is 1.09 bits per heavy atom. The van der Waals surface area contributed by atoms with Gasteiger partial charge in [-0.2, -0.15) is 5.10 Å². The highest BCUT2D eigenvalue weighted by Crippen LogP contribution is 2.31. The van der Waals surface area contributed by atoms with Gasteiger partial charge in [0, 0.05) is 11.8 Å². The molecule has 0 aliphatic heterocycles. The maximum atomic E-state index is 10.9. The van der Waals surface area contributed by atoms with Crippen molar-refractivity contribution in [2.75, 3.05) is 0 Å². The lowest BCUT2D eigenvalue weighted by Crippen LogP contribution is -1.98. The van der Waals surface area contributed by atoms with E-state index in [1.54, 1.807) is 0 Å². The zero-order valence-corrected chi connectivity index (χ0v) is 11.8. The summed E-state index contributed by atoms with van der Waals surface area (Å²) in [6.07, 6.45) is 2.49. The summed E-state index contributed by atoms with van der Waals surface area (Å²) in [6.45, 7) is 0. The van der Waals surface area contributed by atoms with Gasteiger partial charge in [0.05, 0.1) is 11.7 Å². The number of carboxylic acid groups (broad SMARTS) is 1. The average molecular weight is 290 g/mol. The summed E-state index contributed by atoms with van der Waals surface area (Å²) in [4.78, 5) is 10.9. The largest absolute Gasteiger partial charge is 0.481 e. The number of rotatable bonds is 3. The van der Waals surface area contributed by atoms with Crippen molar-refractivity contribution in [2.24, 2.45) is 0 Å². The molecule has 4 nitrogen and oxygen atoms in total. The number of fused-ring (bicyclic) bond motifs is 4. The Morgan fingerprint density at radius 3 is 2.82 bits per heavy atom. The number of carbonyl (C=O) groups is 1. The van der Waals surface area contributed by atoms with E-state index in [4.69, 9.17) is 5.11 Å². The van der Waals surface area contributed by atoms with Crippen LogP contribution in [0, 0.1) is 0 Å². The number of nitrogens with zero attached hydrogens (tertiary/aromatic N) is 1. The molecular weight excluding hydrogens is 276 g/mol. The summed E-state index contributed by atoms with van der Waals surface area (Å²) in [5, 5.41) is 21.7. The molecule has 108 valence electrons. The zero-order valence-electron chi connectivity index (χ0n) is 11.8. The van der Waals surface area contributed by atoms with E-state index < -0.39 is 5.97 Å². The minimum atomic E-state index is -0.769. The molecular formula is C18H14N2O2. The number of aryl methyl sites for hydroxylation is 1. The van der Waals surface area contributed by atoms with Gasteiger partial charge in [0.1, 0.15) is 0 Å². The minimum absolute atomic E-state index is 0.142. The molecule has 0 saturated heterocycles. The first-order valence-electron chi connectivity index (χ1n) is 7.21. The van der Waals surface area contributed by atoms with E-state index >= 15 is 0 Å². The fourth-order valence-corrected chi connectivity index (χ4v) is 3.08. The third-order valence-corrected chi connectivity index (χ3v) is 4.11. The summed E-state index contributed by atoms with van der Waals surface area (Å²) >= 11 is 0. The number of nitrogens with one attached hydrogen (secondary N) is 1. The van der Waals surface area contributed by atoms with Gasteiger partial charge < -0.3 is 5.11 Å². The summed E-state index contributed by atoms with van der Waals surface area (Å²) in [5.74, 6) is -0.769. The van der Waals surface area contributed by atoms with Crippen LogP contribution in [0.25, 0.3) is 32.4 Å². The van der Waals surface area contributed by atoms with Crippen LogP contribution < -0.4 is 0 Å². The first-order valence-corrected chi connectivity index (χ1v) is 7.21. The SMILES string of the molecule is O=C(O)CCc1cccc2ccc3cc4[nH]ncc4cc3c12. The molecule has 0 unspecified atom stereocenters. The molecule has 4 aromatic rings. The molecule has 0 amide bonds. The maximum Gasteiger partial charge on any atom is 0.303 e.